The molecular formula is C19H29NO6SSi. The highest BCUT2D eigenvalue weighted by atomic mass is 32.2. The van der Waals surface area contributed by atoms with Crippen molar-refractivity contribution in [2.24, 2.45) is 0 Å². The number of ether oxygens (including phenoxy) is 1. The van der Waals surface area contributed by atoms with Crippen LogP contribution in [0.4, 0.5) is 0 Å². The van der Waals surface area contributed by atoms with E-state index in [1.165, 1.54) is 12.1 Å². The number of hydrogen-bond donors (Lipinski definition) is 1. The van der Waals surface area contributed by atoms with Crippen LogP contribution in [0.25, 0.3) is 0 Å². The van der Waals surface area contributed by atoms with E-state index in [-0.39, 0.29) is 22.3 Å². The maximum atomic E-state index is 13.2. The zero-order chi connectivity index (χ0) is 21.3. The molecule has 1 aliphatic rings. The molecule has 1 fully saturated rings. The molecule has 7 nitrogen and oxygen atoms in total. The SMILES string of the molecule is COC(=O)C(C1NC(=O)C[C@H]1O[Si](C)(C)C(C)(C)C)S(=O)(=O)c1ccccc1. The quantitative estimate of drug-likeness (QED) is 0.552. The normalized spacial score (nSPS) is 21.9. The molecule has 156 valence electrons. The summed E-state index contributed by atoms with van der Waals surface area (Å²) in [4.78, 5) is 24.7. The van der Waals surface area contributed by atoms with Crippen molar-refractivity contribution in [3.63, 3.8) is 0 Å². The van der Waals surface area contributed by atoms with Gasteiger partial charge < -0.3 is 14.5 Å². The van der Waals surface area contributed by atoms with Gasteiger partial charge in [0.1, 0.15) is 0 Å². The van der Waals surface area contributed by atoms with Crippen molar-refractivity contribution in [2.45, 2.75) is 67.6 Å². The number of methoxy groups -OCH3 is 1. The van der Waals surface area contributed by atoms with Crippen LogP contribution in [-0.2, 0) is 28.6 Å². The molecule has 28 heavy (non-hydrogen) atoms. The molecule has 1 aliphatic heterocycles. The fourth-order valence-corrected chi connectivity index (χ4v) is 6.08. The van der Waals surface area contributed by atoms with Gasteiger partial charge in [0.2, 0.25) is 5.91 Å². The number of rotatable bonds is 6. The second kappa shape index (κ2) is 7.96. The zero-order valence-corrected chi connectivity index (χ0v) is 19.0. The third-order valence-corrected chi connectivity index (χ3v) is 12.1. The first-order chi connectivity index (χ1) is 12.8. The summed E-state index contributed by atoms with van der Waals surface area (Å²) in [6.07, 6.45) is -0.717. The van der Waals surface area contributed by atoms with E-state index >= 15 is 0 Å². The number of hydrogen-bond acceptors (Lipinski definition) is 6. The Morgan fingerprint density at radius 2 is 1.79 bits per heavy atom. The van der Waals surface area contributed by atoms with Gasteiger partial charge in [-0.2, -0.15) is 0 Å². The Balaban J connectivity index is 2.47. The van der Waals surface area contributed by atoms with E-state index in [4.69, 9.17) is 9.16 Å². The van der Waals surface area contributed by atoms with Crippen molar-refractivity contribution < 1.29 is 27.2 Å². The standard InChI is InChI=1S/C19H29NO6SSi/c1-19(2,3)28(5,6)26-14-12-15(21)20-16(14)17(18(22)25-4)27(23,24)13-10-8-7-9-11-13/h7-11,14,16-17H,12H2,1-6H3,(H,20,21)/t14-,16?,17?/m1/s1. The molecule has 1 saturated heterocycles. The molecule has 2 rings (SSSR count). The summed E-state index contributed by atoms with van der Waals surface area (Å²) >= 11 is 0. The van der Waals surface area contributed by atoms with Gasteiger partial charge in [0.05, 0.1) is 30.6 Å². The van der Waals surface area contributed by atoms with Crippen molar-refractivity contribution in [3.05, 3.63) is 30.3 Å². The minimum atomic E-state index is -4.10. The highest BCUT2D eigenvalue weighted by Gasteiger charge is 2.52. The lowest BCUT2D eigenvalue weighted by Crippen LogP contribution is -2.55. The number of amides is 1. The van der Waals surface area contributed by atoms with E-state index in [0.29, 0.717) is 0 Å². The average Bonchev–Trinajstić information content (AvgIpc) is 2.93. The van der Waals surface area contributed by atoms with Crippen LogP contribution in [0.3, 0.4) is 0 Å². The van der Waals surface area contributed by atoms with Gasteiger partial charge in [-0.05, 0) is 30.3 Å². The lowest BCUT2D eigenvalue weighted by molar-refractivity contribution is -0.141. The second-order valence-electron chi connectivity index (χ2n) is 8.52. The fourth-order valence-electron chi connectivity index (χ4n) is 2.93. The third kappa shape index (κ3) is 4.47. The molecule has 2 unspecified atom stereocenters. The summed E-state index contributed by atoms with van der Waals surface area (Å²) in [5.41, 5.74) is 0. The zero-order valence-electron chi connectivity index (χ0n) is 17.2. The minimum absolute atomic E-state index is 0.00220. The van der Waals surface area contributed by atoms with E-state index in [1.54, 1.807) is 18.2 Å². The van der Waals surface area contributed by atoms with Gasteiger partial charge in [0.25, 0.3) is 0 Å². The summed E-state index contributed by atoms with van der Waals surface area (Å²) in [5, 5.41) is 0.929. The number of esters is 1. The highest BCUT2D eigenvalue weighted by molar-refractivity contribution is 7.92. The van der Waals surface area contributed by atoms with Gasteiger partial charge in [-0.1, -0.05) is 39.0 Å². The Morgan fingerprint density at radius 3 is 2.29 bits per heavy atom. The molecule has 1 N–H and O–H groups in total. The largest absolute Gasteiger partial charge is 0.468 e. The van der Waals surface area contributed by atoms with Crippen LogP contribution in [-0.4, -0.2) is 53.1 Å². The van der Waals surface area contributed by atoms with Crippen molar-refractivity contribution >= 4 is 30.0 Å². The van der Waals surface area contributed by atoms with Gasteiger partial charge in [0.15, 0.2) is 23.4 Å². The smallest absolute Gasteiger partial charge is 0.326 e. The summed E-state index contributed by atoms with van der Waals surface area (Å²) in [7, 11) is -5.27. The Labute approximate surface area is 167 Å². The summed E-state index contributed by atoms with van der Waals surface area (Å²) in [6.45, 7) is 10.2. The fraction of sp³-hybridized carbons (Fsp3) is 0.579. The lowest BCUT2D eigenvalue weighted by Gasteiger charge is -2.40. The van der Waals surface area contributed by atoms with E-state index < -0.39 is 41.5 Å². The van der Waals surface area contributed by atoms with E-state index in [9.17, 15) is 18.0 Å². The van der Waals surface area contributed by atoms with Crippen molar-refractivity contribution in [3.8, 4) is 0 Å². The van der Waals surface area contributed by atoms with Crippen LogP contribution in [0.5, 0.6) is 0 Å². The van der Waals surface area contributed by atoms with Crippen LogP contribution >= 0.6 is 0 Å². The second-order valence-corrected chi connectivity index (χ2v) is 15.3. The molecule has 1 amide bonds. The number of sulfone groups is 1. The minimum Gasteiger partial charge on any atom is -0.468 e. The van der Waals surface area contributed by atoms with Gasteiger partial charge in [0, 0.05) is 0 Å². The van der Waals surface area contributed by atoms with Crippen molar-refractivity contribution in [1.82, 2.24) is 5.32 Å². The number of carbonyl (C=O) groups is 2. The predicted molar refractivity (Wildman–Crippen MR) is 108 cm³/mol. The van der Waals surface area contributed by atoms with Crippen molar-refractivity contribution in [1.29, 1.82) is 0 Å². The molecule has 1 aromatic rings. The molecule has 0 radical (unpaired) electrons. The molecule has 0 spiro atoms. The van der Waals surface area contributed by atoms with E-state index in [2.05, 4.69) is 26.1 Å². The lowest BCUT2D eigenvalue weighted by atomic mass is 10.1. The van der Waals surface area contributed by atoms with Crippen molar-refractivity contribution in [2.75, 3.05) is 7.11 Å². The van der Waals surface area contributed by atoms with Gasteiger partial charge >= 0.3 is 5.97 Å². The summed E-state index contributed by atoms with van der Waals surface area (Å²) < 4.78 is 37.6. The Hall–Kier alpha value is -1.71. The Kier molecular flexibility index (Phi) is 6.42. The summed E-state index contributed by atoms with van der Waals surface area (Å²) in [6, 6.07) is 6.68. The molecule has 9 heteroatoms. The monoisotopic (exact) mass is 427 g/mol. The molecule has 0 bridgehead atoms. The first kappa shape index (κ1) is 22.6. The predicted octanol–water partition coefficient (Wildman–Crippen LogP) is 2.28. The van der Waals surface area contributed by atoms with Gasteiger partial charge in [-0.3, -0.25) is 9.59 Å². The van der Waals surface area contributed by atoms with Crippen LogP contribution < -0.4 is 5.32 Å². The van der Waals surface area contributed by atoms with Crippen LogP contribution in [0, 0.1) is 0 Å². The van der Waals surface area contributed by atoms with Crippen LogP contribution in [0.15, 0.2) is 35.2 Å². The number of nitrogens with one attached hydrogen (secondary N) is 1. The molecule has 0 aliphatic carbocycles. The van der Waals surface area contributed by atoms with Crippen LogP contribution in [0.1, 0.15) is 27.2 Å². The first-order valence-corrected chi connectivity index (χ1v) is 13.6. The van der Waals surface area contributed by atoms with Gasteiger partial charge in [-0.25, -0.2) is 8.42 Å². The first-order valence-electron chi connectivity index (χ1n) is 9.15. The molecule has 1 heterocycles. The number of carbonyl (C=O) groups excluding carboxylic acids is 2. The molecular weight excluding hydrogens is 398 g/mol. The third-order valence-electron chi connectivity index (χ3n) is 5.53. The number of benzene rings is 1. The van der Waals surface area contributed by atoms with Crippen LogP contribution in [0.2, 0.25) is 18.1 Å². The topological polar surface area (TPSA) is 98.8 Å². The Morgan fingerprint density at radius 1 is 1.21 bits per heavy atom. The summed E-state index contributed by atoms with van der Waals surface area (Å²) in [5.74, 6) is -1.26. The molecule has 0 aromatic heterocycles. The highest BCUT2D eigenvalue weighted by Crippen LogP contribution is 2.39. The van der Waals surface area contributed by atoms with E-state index in [1.807, 2.05) is 13.1 Å². The maximum absolute atomic E-state index is 13.2. The average molecular weight is 428 g/mol. The molecule has 1 aromatic carbocycles. The molecule has 3 atom stereocenters. The maximum Gasteiger partial charge on any atom is 0.326 e. The molecule has 0 saturated carbocycles. The Bertz CT molecular complexity index is 832. The van der Waals surface area contributed by atoms with E-state index in [0.717, 1.165) is 7.11 Å². The van der Waals surface area contributed by atoms with Gasteiger partial charge in [-0.15, -0.1) is 0 Å².